The summed E-state index contributed by atoms with van der Waals surface area (Å²) in [6.07, 6.45) is 2.56. The molecule has 2 aromatic rings. The molecule has 6 nitrogen and oxygen atoms in total. The van der Waals surface area contributed by atoms with Gasteiger partial charge >= 0.3 is 0 Å². The zero-order valence-electron chi connectivity index (χ0n) is 17.3. The molecule has 0 saturated carbocycles. The second-order valence-electron chi connectivity index (χ2n) is 7.01. The number of sulfonamides is 1. The van der Waals surface area contributed by atoms with Gasteiger partial charge in [-0.1, -0.05) is 32.0 Å². The maximum atomic E-state index is 12.7. The summed E-state index contributed by atoms with van der Waals surface area (Å²) in [6, 6.07) is 14.8. The van der Waals surface area contributed by atoms with E-state index in [4.69, 9.17) is 0 Å². The maximum Gasteiger partial charge on any atom is 0.240 e. The zero-order chi connectivity index (χ0) is 21.4. The molecule has 0 radical (unpaired) electrons. The van der Waals surface area contributed by atoms with Gasteiger partial charge in [-0.2, -0.15) is 0 Å². The number of thioether (sulfide) groups is 1. The van der Waals surface area contributed by atoms with E-state index in [1.165, 1.54) is 17.8 Å². The summed E-state index contributed by atoms with van der Waals surface area (Å²) in [5.41, 5.74) is 1.61. The smallest absolute Gasteiger partial charge is 0.240 e. The summed E-state index contributed by atoms with van der Waals surface area (Å²) in [6.45, 7) is 4.65. The Morgan fingerprint density at radius 3 is 2.45 bits per heavy atom. The molecule has 0 atom stereocenters. The predicted octanol–water partition coefficient (Wildman–Crippen LogP) is 3.81. The molecular formula is C21H29N3O3S2. The van der Waals surface area contributed by atoms with E-state index in [1.54, 1.807) is 26.0 Å². The second kappa shape index (κ2) is 10.7. The zero-order valence-corrected chi connectivity index (χ0v) is 18.9. The molecule has 0 saturated heterocycles. The first-order valence-corrected chi connectivity index (χ1v) is 12.2. The Morgan fingerprint density at radius 2 is 1.83 bits per heavy atom. The van der Waals surface area contributed by atoms with E-state index in [-0.39, 0.29) is 16.7 Å². The van der Waals surface area contributed by atoms with E-state index in [0.29, 0.717) is 18.7 Å². The van der Waals surface area contributed by atoms with Gasteiger partial charge in [0.05, 0.1) is 10.6 Å². The third-order valence-electron chi connectivity index (χ3n) is 4.42. The third-order valence-corrected chi connectivity index (χ3v) is 6.68. The van der Waals surface area contributed by atoms with Crippen LogP contribution < -0.4 is 14.9 Å². The number of rotatable bonds is 10. The number of para-hydroxylation sites is 1. The van der Waals surface area contributed by atoms with Crippen LogP contribution in [0.5, 0.6) is 0 Å². The lowest BCUT2D eigenvalue weighted by Gasteiger charge is -2.19. The van der Waals surface area contributed by atoms with Crippen LogP contribution >= 0.6 is 11.8 Å². The fourth-order valence-corrected chi connectivity index (χ4v) is 4.28. The van der Waals surface area contributed by atoms with Crippen LogP contribution in [0, 0.1) is 5.92 Å². The molecule has 0 aliphatic heterocycles. The first-order chi connectivity index (χ1) is 13.7. The molecule has 0 fully saturated rings. The number of carbonyl (C=O) groups is 1. The summed E-state index contributed by atoms with van der Waals surface area (Å²) in [5, 5.41) is 2.82. The monoisotopic (exact) mass is 435 g/mol. The van der Waals surface area contributed by atoms with Gasteiger partial charge in [0.2, 0.25) is 15.9 Å². The van der Waals surface area contributed by atoms with Crippen molar-refractivity contribution >= 4 is 39.1 Å². The molecule has 0 bridgehead atoms. The van der Waals surface area contributed by atoms with Gasteiger partial charge in [-0.3, -0.25) is 4.79 Å². The Balaban J connectivity index is 2.00. The maximum absolute atomic E-state index is 12.7. The third kappa shape index (κ3) is 6.76. The van der Waals surface area contributed by atoms with Gasteiger partial charge in [-0.05, 0) is 43.0 Å². The molecule has 0 spiro atoms. The Morgan fingerprint density at radius 1 is 1.14 bits per heavy atom. The van der Waals surface area contributed by atoms with E-state index < -0.39 is 10.0 Å². The molecule has 0 unspecified atom stereocenters. The standard InChI is InChI=1S/C21H29N3O3S2/c1-16(2)21(25)23-19-15-18(11-12-20(19)28-4)29(26,27)22-13-8-14-24(3)17-9-6-5-7-10-17/h5-7,9-12,15-16,22H,8,13-14H2,1-4H3,(H,23,25). The van der Waals surface area contributed by atoms with Crippen LogP contribution in [0.25, 0.3) is 0 Å². The summed E-state index contributed by atoms with van der Waals surface area (Å²) in [5.74, 6) is -0.337. The van der Waals surface area contributed by atoms with Crippen molar-refractivity contribution in [3.8, 4) is 0 Å². The Labute approximate surface area is 178 Å². The van der Waals surface area contributed by atoms with Crippen molar-refractivity contribution in [3.63, 3.8) is 0 Å². The lowest BCUT2D eigenvalue weighted by Crippen LogP contribution is -2.28. The lowest BCUT2D eigenvalue weighted by atomic mass is 10.2. The topological polar surface area (TPSA) is 78.5 Å². The first-order valence-electron chi connectivity index (χ1n) is 9.49. The quantitative estimate of drug-likeness (QED) is 0.438. The van der Waals surface area contributed by atoms with Crippen LogP contribution in [0.3, 0.4) is 0 Å². The predicted molar refractivity (Wildman–Crippen MR) is 121 cm³/mol. The van der Waals surface area contributed by atoms with E-state index in [0.717, 1.165) is 17.1 Å². The average Bonchev–Trinajstić information content (AvgIpc) is 2.71. The van der Waals surface area contributed by atoms with Crippen molar-refractivity contribution in [2.24, 2.45) is 5.92 Å². The summed E-state index contributed by atoms with van der Waals surface area (Å²) >= 11 is 1.46. The highest BCUT2D eigenvalue weighted by molar-refractivity contribution is 7.98. The molecule has 1 amide bonds. The number of anilines is 2. The van der Waals surface area contributed by atoms with E-state index in [2.05, 4.69) is 14.9 Å². The van der Waals surface area contributed by atoms with E-state index >= 15 is 0 Å². The van der Waals surface area contributed by atoms with E-state index in [1.807, 2.05) is 43.6 Å². The largest absolute Gasteiger partial charge is 0.375 e. The van der Waals surface area contributed by atoms with Gasteiger partial charge in [0, 0.05) is 36.6 Å². The van der Waals surface area contributed by atoms with Crippen LogP contribution in [-0.4, -0.2) is 40.7 Å². The molecular weight excluding hydrogens is 406 g/mol. The SMILES string of the molecule is CSc1ccc(S(=O)(=O)NCCCN(C)c2ccccc2)cc1NC(=O)C(C)C. The van der Waals surface area contributed by atoms with Crippen molar-refractivity contribution in [3.05, 3.63) is 48.5 Å². The van der Waals surface area contributed by atoms with Gasteiger partial charge in [-0.15, -0.1) is 11.8 Å². The summed E-state index contributed by atoms with van der Waals surface area (Å²) < 4.78 is 28.0. The molecule has 0 aliphatic carbocycles. The number of nitrogens with one attached hydrogen (secondary N) is 2. The highest BCUT2D eigenvalue weighted by Gasteiger charge is 2.17. The minimum Gasteiger partial charge on any atom is -0.375 e. The molecule has 2 rings (SSSR count). The minimum absolute atomic E-state index is 0.144. The Kier molecular flexibility index (Phi) is 8.55. The molecule has 0 aliphatic rings. The van der Waals surface area contributed by atoms with Crippen molar-refractivity contribution < 1.29 is 13.2 Å². The molecule has 29 heavy (non-hydrogen) atoms. The van der Waals surface area contributed by atoms with E-state index in [9.17, 15) is 13.2 Å². The highest BCUT2D eigenvalue weighted by atomic mass is 32.2. The molecule has 0 aromatic heterocycles. The van der Waals surface area contributed by atoms with Crippen molar-refractivity contribution in [2.45, 2.75) is 30.1 Å². The molecule has 2 N–H and O–H groups in total. The first kappa shape index (κ1) is 23.3. The van der Waals surface area contributed by atoms with Crippen molar-refractivity contribution in [1.82, 2.24) is 4.72 Å². The molecule has 8 heteroatoms. The van der Waals surface area contributed by atoms with Crippen LogP contribution in [0.1, 0.15) is 20.3 Å². The number of nitrogens with zero attached hydrogens (tertiary/aromatic N) is 1. The van der Waals surface area contributed by atoms with Gasteiger partial charge in [0.1, 0.15) is 0 Å². The average molecular weight is 436 g/mol. The molecule has 2 aromatic carbocycles. The number of carbonyl (C=O) groups excluding carboxylic acids is 1. The fraction of sp³-hybridized carbons (Fsp3) is 0.381. The lowest BCUT2D eigenvalue weighted by molar-refractivity contribution is -0.118. The summed E-state index contributed by atoms with van der Waals surface area (Å²) in [4.78, 5) is 15.1. The normalized spacial score (nSPS) is 11.5. The van der Waals surface area contributed by atoms with Crippen molar-refractivity contribution in [2.75, 3.05) is 36.6 Å². The number of amides is 1. The number of hydrogen-bond donors (Lipinski definition) is 2. The van der Waals surface area contributed by atoms with Crippen molar-refractivity contribution in [1.29, 1.82) is 0 Å². The fourth-order valence-electron chi connectivity index (χ4n) is 2.65. The van der Waals surface area contributed by atoms with Crippen LogP contribution in [0.4, 0.5) is 11.4 Å². The summed E-state index contributed by atoms with van der Waals surface area (Å²) in [7, 11) is -1.67. The Bertz CT molecular complexity index is 916. The van der Waals surface area contributed by atoms with Crippen LogP contribution in [0.2, 0.25) is 0 Å². The number of benzene rings is 2. The van der Waals surface area contributed by atoms with Gasteiger partial charge in [0.25, 0.3) is 0 Å². The van der Waals surface area contributed by atoms with Gasteiger partial charge in [0.15, 0.2) is 0 Å². The highest BCUT2D eigenvalue weighted by Crippen LogP contribution is 2.28. The molecule has 0 heterocycles. The second-order valence-corrected chi connectivity index (χ2v) is 9.63. The van der Waals surface area contributed by atoms with Crippen LogP contribution in [0.15, 0.2) is 58.3 Å². The number of hydrogen-bond acceptors (Lipinski definition) is 5. The molecule has 158 valence electrons. The van der Waals surface area contributed by atoms with Gasteiger partial charge in [-0.25, -0.2) is 13.1 Å². The van der Waals surface area contributed by atoms with Crippen LogP contribution in [-0.2, 0) is 14.8 Å². The van der Waals surface area contributed by atoms with Gasteiger partial charge < -0.3 is 10.2 Å². The minimum atomic E-state index is -3.66. The Hall–Kier alpha value is -2.03.